The molecule has 2 heterocycles. The van der Waals surface area contributed by atoms with Crippen LogP contribution in [0, 0.1) is 20.8 Å². The highest BCUT2D eigenvalue weighted by Crippen LogP contribution is 2.23. The fourth-order valence-corrected chi connectivity index (χ4v) is 3.29. The van der Waals surface area contributed by atoms with Gasteiger partial charge in [0, 0.05) is 6.92 Å². The maximum absolute atomic E-state index is 12.2. The average molecular weight is 343 g/mol. The Bertz CT molecular complexity index is 957. The van der Waals surface area contributed by atoms with E-state index in [-0.39, 0.29) is 18.2 Å². The number of nitrogens with zero attached hydrogens (tertiary/aromatic N) is 4. The monoisotopic (exact) mass is 343 g/mol. The van der Waals surface area contributed by atoms with Gasteiger partial charge in [0.2, 0.25) is 5.91 Å². The summed E-state index contributed by atoms with van der Waals surface area (Å²) in [5.41, 5.74) is 4.45. The summed E-state index contributed by atoms with van der Waals surface area (Å²) in [4.78, 5) is 28.5. The zero-order valence-electron chi connectivity index (χ0n) is 13.9. The molecule has 1 aromatic carbocycles. The topological polar surface area (TPSA) is 89.8 Å². The molecule has 8 heteroatoms. The molecule has 0 atom stereocenters. The van der Waals surface area contributed by atoms with E-state index in [1.165, 1.54) is 18.3 Å². The molecule has 0 bridgehead atoms. The summed E-state index contributed by atoms with van der Waals surface area (Å²) >= 11 is 1.18. The molecule has 0 fully saturated rings. The number of thiazole rings is 1. The molecular weight excluding hydrogens is 326 g/mol. The van der Waals surface area contributed by atoms with Crippen LogP contribution in [0.4, 0.5) is 5.13 Å². The predicted molar refractivity (Wildman–Crippen MR) is 92.5 cm³/mol. The number of fused-ring (bicyclic) bond motifs is 1. The van der Waals surface area contributed by atoms with Gasteiger partial charge in [-0.05, 0) is 44.0 Å². The SMILES string of the molecule is CC(=O)c1sc(NC(=O)Cn2nnc3cc(C)c(C)cc32)nc1C. The lowest BCUT2D eigenvalue weighted by Crippen LogP contribution is -2.19. The van der Waals surface area contributed by atoms with Crippen molar-refractivity contribution in [2.24, 2.45) is 0 Å². The van der Waals surface area contributed by atoms with Crippen LogP contribution < -0.4 is 5.32 Å². The van der Waals surface area contributed by atoms with E-state index in [1.807, 2.05) is 26.0 Å². The van der Waals surface area contributed by atoms with Gasteiger partial charge in [0.15, 0.2) is 10.9 Å². The van der Waals surface area contributed by atoms with Crippen LogP contribution >= 0.6 is 11.3 Å². The molecule has 0 unspecified atom stereocenters. The van der Waals surface area contributed by atoms with E-state index in [0.717, 1.165) is 22.2 Å². The van der Waals surface area contributed by atoms with Crippen molar-refractivity contribution in [3.63, 3.8) is 0 Å². The van der Waals surface area contributed by atoms with E-state index in [2.05, 4.69) is 20.6 Å². The Hall–Kier alpha value is -2.61. The number of aromatic nitrogens is 4. The van der Waals surface area contributed by atoms with Crippen molar-refractivity contribution in [3.8, 4) is 0 Å². The number of benzene rings is 1. The number of nitrogens with one attached hydrogen (secondary N) is 1. The lowest BCUT2D eigenvalue weighted by atomic mass is 10.1. The number of aryl methyl sites for hydroxylation is 3. The summed E-state index contributed by atoms with van der Waals surface area (Å²) in [7, 11) is 0. The normalized spacial score (nSPS) is 11.0. The Morgan fingerprint density at radius 2 is 1.92 bits per heavy atom. The van der Waals surface area contributed by atoms with Crippen LogP contribution in [0.5, 0.6) is 0 Å². The van der Waals surface area contributed by atoms with Crippen molar-refractivity contribution in [3.05, 3.63) is 33.8 Å². The van der Waals surface area contributed by atoms with Crippen molar-refractivity contribution < 1.29 is 9.59 Å². The molecule has 0 radical (unpaired) electrons. The minimum absolute atomic E-state index is 0.0348. The van der Waals surface area contributed by atoms with Crippen LogP contribution in [-0.4, -0.2) is 31.7 Å². The van der Waals surface area contributed by atoms with Crippen LogP contribution in [-0.2, 0) is 11.3 Å². The van der Waals surface area contributed by atoms with Gasteiger partial charge in [0.25, 0.3) is 0 Å². The molecule has 0 saturated carbocycles. The summed E-state index contributed by atoms with van der Waals surface area (Å²) < 4.78 is 1.56. The number of Topliss-reactive ketones (excluding diaryl/α,β-unsaturated/α-hetero) is 1. The first-order chi connectivity index (χ1) is 11.3. The number of ketones is 1. The Kier molecular flexibility index (Phi) is 4.15. The third-order valence-corrected chi connectivity index (χ3v) is 4.96. The maximum Gasteiger partial charge on any atom is 0.247 e. The van der Waals surface area contributed by atoms with Gasteiger partial charge >= 0.3 is 0 Å². The van der Waals surface area contributed by atoms with E-state index < -0.39 is 0 Å². The van der Waals surface area contributed by atoms with E-state index in [9.17, 15) is 9.59 Å². The lowest BCUT2D eigenvalue weighted by Gasteiger charge is -2.04. The molecule has 1 N–H and O–H groups in total. The fraction of sp³-hybridized carbons (Fsp3) is 0.312. The van der Waals surface area contributed by atoms with Crippen LogP contribution in [0.15, 0.2) is 12.1 Å². The highest BCUT2D eigenvalue weighted by Gasteiger charge is 2.15. The van der Waals surface area contributed by atoms with Crippen LogP contribution in [0.3, 0.4) is 0 Å². The van der Waals surface area contributed by atoms with Crippen molar-refractivity contribution in [2.75, 3.05) is 5.32 Å². The third-order valence-electron chi connectivity index (χ3n) is 3.79. The van der Waals surface area contributed by atoms with Gasteiger partial charge in [-0.3, -0.25) is 9.59 Å². The molecule has 3 rings (SSSR count). The highest BCUT2D eigenvalue weighted by molar-refractivity contribution is 7.17. The molecule has 0 spiro atoms. The Balaban J connectivity index is 1.79. The van der Waals surface area contributed by atoms with Crippen LogP contribution in [0.2, 0.25) is 0 Å². The van der Waals surface area contributed by atoms with Crippen molar-refractivity contribution >= 4 is 39.2 Å². The van der Waals surface area contributed by atoms with Crippen molar-refractivity contribution in [1.82, 2.24) is 20.0 Å². The molecule has 0 saturated heterocycles. The Morgan fingerprint density at radius 1 is 1.21 bits per heavy atom. The van der Waals surface area contributed by atoms with Gasteiger partial charge in [-0.15, -0.1) is 5.10 Å². The van der Waals surface area contributed by atoms with E-state index in [4.69, 9.17) is 0 Å². The number of amides is 1. The summed E-state index contributed by atoms with van der Waals surface area (Å²) in [5.74, 6) is -0.317. The second-order valence-electron chi connectivity index (χ2n) is 5.71. The number of rotatable bonds is 4. The molecule has 0 aliphatic heterocycles. The van der Waals surface area contributed by atoms with Gasteiger partial charge in [0.1, 0.15) is 12.1 Å². The Morgan fingerprint density at radius 3 is 2.58 bits per heavy atom. The number of anilines is 1. The molecular formula is C16H17N5O2S. The summed E-state index contributed by atoms with van der Waals surface area (Å²) in [6, 6.07) is 3.93. The molecule has 7 nitrogen and oxygen atoms in total. The number of hydrogen-bond donors (Lipinski definition) is 1. The number of carbonyl (C=O) groups excluding carboxylic acids is 2. The number of carbonyl (C=O) groups is 2. The quantitative estimate of drug-likeness (QED) is 0.736. The third kappa shape index (κ3) is 3.05. The smallest absolute Gasteiger partial charge is 0.247 e. The molecule has 124 valence electrons. The molecule has 0 aliphatic carbocycles. The summed E-state index contributed by atoms with van der Waals surface area (Å²) in [6.07, 6.45) is 0. The minimum atomic E-state index is -0.260. The fourth-order valence-electron chi connectivity index (χ4n) is 2.41. The van der Waals surface area contributed by atoms with Gasteiger partial charge in [0.05, 0.1) is 16.1 Å². The molecule has 3 aromatic rings. The van der Waals surface area contributed by atoms with Gasteiger partial charge in [-0.25, -0.2) is 9.67 Å². The van der Waals surface area contributed by atoms with Gasteiger partial charge in [-0.1, -0.05) is 16.6 Å². The first-order valence-electron chi connectivity index (χ1n) is 7.44. The molecule has 1 amide bonds. The van der Waals surface area contributed by atoms with Gasteiger partial charge < -0.3 is 5.32 Å². The standard InChI is InChI=1S/C16H17N5O2S/c1-8-5-12-13(6-9(8)2)21(20-19-12)7-14(23)18-16-17-10(3)15(24-16)11(4)22/h5-6H,7H2,1-4H3,(H,17,18,23). The lowest BCUT2D eigenvalue weighted by molar-refractivity contribution is -0.116. The largest absolute Gasteiger partial charge is 0.300 e. The second kappa shape index (κ2) is 6.12. The van der Waals surface area contributed by atoms with Crippen molar-refractivity contribution in [2.45, 2.75) is 34.2 Å². The Labute approximate surface area is 142 Å². The first kappa shape index (κ1) is 16.3. The van der Waals surface area contributed by atoms with Gasteiger partial charge in [-0.2, -0.15) is 0 Å². The van der Waals surface area contributed by atoms with Crippen molar-refractivity contribution in [1.29, 1.82) is 0 Å². The second-order valence-corrected chi connectivity index (χ2v) is 6.71. The highest BCUT2D eigenvalue weighted by atomic mass is 32.1. The van der Waals surface area contributed by atoms with Crippen LogP contribution in [0.1, 0.15) is 33.4 Å². The zero-order chi connectivity index (χ0) is 17.4. The summed E-state index contributed by atoms with van der Waals surface area (Å²) in [5, 5.41) is 11.3. The van der Waals surface area contributed by atoms with E-state index in [0.29, 0.717) is 15.7 Å². The number of hydrogen-bond acceptors (Lipinski definition) is 6. The van der Waals surface area contributed by atoms with E-state index in [1.54, 1.807) is 11.6 Å². The average Bonchev–Trinajstić information content (AvgIpc) is 3.04. The first-order valence-corrected chi connectivity index (χ1v) is 8.25. The molecule has 2 aromatic heterocycles. The summed E-state index contributed by atoms with van der Waals surface area (Å²) in [6.45, 7) is 7.29. The van der Waals surface area contributed by atoms with Crippen LogP contribution in [0.25, 0.3) is 11.0 Å². The zero-order valence-corrected chi connectivity index (χ0v) is 14.7. The molecule has 0 aliphatic rings. The minimum Gasteiger partial charge on any atom is -0.300 e. The maximum atomic E-state index is 12.2. The predicted octanol–water partition coefficient (Wildman–Crippen LogP) is 2.65. The molecule has 24 heavy (non-hydrogen) atoms. The van der Waals surface area contributed by atoms with E-state index >= 15 is 0 Å².